The van der Waals surface area contributed by atoms with E-state index in [0.29, 0.717) is 34.3 Å². The largest absolute Gasteiger partial charge is 0.495 e. The van der Waals surface area contributed by atoms with Gasteiger partial charge in [0.2, 0.25) is 0 Å². The number of hydrogen-bond acceptors (Lipinski definition) is 4. The van der Waals surface area contributed by atoms with Crippen molar-refractivity contribution in [3.63, 3.8) is 0 Å². The van der Waals surface area contributed by atoms with E-state index in [0.717, 1.165) is 16.5 Å². The maximum absolute atomic E-state index is 12.7. The minimum atomic E-state index is -0.256. The normalized spacial score (nSPS) is 11.2. The van der Waals surface area contributed by atoms with Crippen molar-refractivity contribution in [3.8, 4) is 5.75 Å². The number of hydrogen-bond donors (Lipinski definition) is 2. The molecule has 0 saturated carbocycles. The molecule has 0 aliphatic heterocycles. The van der Waals surface area contributed by atoms with Gasteiger partial charge in [0.1, 0.15) is 11.5 Å². The summed E-state index contributed by atoms with van der Waals surface area (Å²) in [6, 6.07) is 14.6. The molecule has 2 heterocycles. The lowest BCUT2D eigenvalue weighted by atomic mass is 10.1. The van der Waals surface area contributed by atoms with Crippen LogP contribution in [-0.4, -0.2) is 23.2 Å². The summed E-state index contributed by atoms with van der Waals surface area (Å²) in [5.74, 6) is 0.881. The van der Waals surface area contributed by atoms with Gasteiger partial charge in [-0.25, -0.2) is 0 Å². The number of carbonyl (C=O) groups excluding carboxylic acids is 1. The van der Waals surface area contributed by atoms with E-state index >= 15 is 0 Å². The first-order chi connectivity index (χ1) is 14.2. The molecule has 2 N–H and O–H groups in total. The fraction of sp³-hybridized carbons (Fsp3) is 0.0909. The van der Waals surface area contributed by atoms with Gasteiger partial charge in [-0.1, -0.05) is 29.8 Å². The van der Waals surface area contributed by atoms with Crippen LogP contribution < -0.4 is 10.1 Å². The minimum Gasteiger partial charge on any atom is -0.495 e. The van der Waals surface area contributed by atoms with Gasteiger partial charge in [0.25, 0.3) is 5.91 Å². The van der Waals surface area contributed by atoms with Crippen LogP contribution in [0.3, 0.4) is 0 Å². The van der Waals surface area contributed by atoms with Crippen LogP contribution in [0.4, 0.5) is 0 Å². The van der Waals surface area contributed by atoms with Crippen molar-refractivity contribution in [1.29, 1.82) is 0 Å². The molecule has 4 rings (SSSR count). The molecular weight excluding hydrogens is 390 g/mol. The lowest BCUT2D eigenvalue weighted by Gasteiger charge is -2.10. The molecule has 7 heteroatoms. The minimum absolute atomic E-state index is 0.256. The standard InChI is InChI=1S/C22H18ClN3O3/c1-28-21-17(22(27)24-13-16-3-2-12-29-16)9-11-19-20(21)18(25-26-19)10-6-14-4-7-15(23)8-5-14/h2-12H,13H2,1H3,(H,24,27)(H,25,26)/b10-6+. The van der Waals surface area contributed by atoms with Gasteiger partial charge in [-0.15, -0.1) is 0 Å². The molecule has 1 amide bonds. The highest BCUT2D eigenvalue weighted by atomic mass is 35.5. The maximum atomic E-state index is 12.7. The Hall–Kier alpha value is -3.51. The van der Waals surface area contributed by atoms with Crippen LogP contribution in [0.5, 0.6) is 5.75 Å². The number of nitrogens with zero attached hydrogens (tertiary/aromatic N) is 1. The molecule has 146 valence electrons. The summed E-state index contributed by atoms with van der Waals surface area (Å²) in [6.45, 7) is 0.293. The van der Waals surface area contributed by atoms with Crippen LogP contribution in [0.2, 0.25) is 5.02 Å². The highest BCUT2D eigenvalue weighted by Crippen LogP contribution is 2.32. The molecular formula is C22H18ClN3O3. The number of halogens is 1. The lowest BCUT2D eigenvalue weighted by molar-refractivity contribution is 0.0945. The second-order valence-corrected chi connectivity index (χ2v) is 6.76. The zero-order valence-corrected chi connectivity index (χ0v) is 16.4. The van der Waals surface area contributed by atoms with E-state index in [1.54, 1.807) is 24.5 Å². The van der Waals surface area contributed by atoms with Gasteiger partial charge >= 0.3 is 0 Å². The van der Waals surface area contributed by atoms with E-state index in [-0.39, 0.29) is 5.91 Å². The fourth-order valence-electron chi connectivity index (χ4n) is 3.04. The lowest BCUT2D eigenvalue weighted by Crippen LogP contribution is -2.23. The highest BCUT2D eigenvalue weighted by Gasteiger charge is 2.19. The predicted octanol–water partition coefficient (Wildman–Crippen LogP) is 4.92. The molecule has 0 radical (unpaired) electrons. The van der Waals surface area contributed by atoms with Crippen LogP contribution >= 0.6 is 11.6 Å². The number of carbonyl (C=O) groups is 1. The highest BCUT2D eigenvalue weighted by molar-refractivity contribution is 6.30. The average molecular weight is 408 g/mol. The molecule has 0 unspecified atom stereocenters. The van der Waals surface area contributed by atoms with Crippen molar-refractivity contribution in [2.24, 2.45) is 0 Å². The molecule has 0 spiro atoms. The van der Waals surface area contributed by atoms with E-state index in [1.165, 1.54) is 7.11 Å². The number of fused-ring (bicyclic) bond motifs is 1. The Balaban J connectivity index is 1.65. The molecule has 0 saturated heterocycles. The van der Waals surface area contributed by atoms with E-state index in [9.17, 15) is 4.79 Å². The van der Waals surface area contributed by atoms with Gasteiger partial charge in [-0.3, -0.25) is 9.89 Å². The monoisotopic (exact) mass is 407 g/mol. The molecule has 0 atom stereocenters. The van der Waals surface area contributed by atoms with Crippen LogP contribution in [0.25, 0.3) is 23.1 Å². The first-order valence-electron chi connectivity index (χ1n) is 8.95. The van der Waals surface area contributed by atoms with Crippen molar-refractivity contribution in [2.75, 3.05) is 7.11 Å². The first kappa shape index (κ1) is 18.8. The van der Waals surface area contributed by atoms with Gasteiger partial charge in [0.05, 0.1) is 42.1 Å². The van der Waals surface area contributed by atoms with Crippen molar-refractivity contribution < 1.29 is 13.9 Å². The second-order valence-electron chi connectivity index (χ2n) is 6.32. The Labute approximate surface area is 172 Å². The quantitative estimate of drug-likeness (QED) is 0.475. The van der Waals surface area contributed by atoms with Crippen LogP contribution in [-0.2, 0) is 6.54 Å². The SMILES string of the molecule is COc1c(C(=O)NCc2ccco2)ccc2[nH]nc(/C=C/c3ccc(Cl)cc3)c12. The number of H-pyrrole nitrogens is 1. The van der Waals surface area contributed by atoms with Crippen molar-refractivity contribution in [2.45, 2.75) is 6.54 Å². The van der Waals surface area contributed by atoms with Gasteiger partial charge in [0, 0.05) is 5.02 Å². The smallest absolute Gasteiger partial charge is 0.255 e. The summed E-state index contributed by atoms with van der Waals surface area (Å²) < 4.78 is 10.8. The molecule has 0 bridgehead atoms. The average Bonchev–Trinajstić information content (AvgIpc) is 3.40. The number of aromatic nitrogens is 2. The van der Waals surface area contributed by atoms with E-state index in [2.05, 4.69) is 15.5 Å². The van der Waals surface area contributed by atoms with E-state index in [1.807, 2.05) is 42.5 Å². The number of methoxy groups -OCH3 is 1. The van der Waals surface area contributed by atoms with E-state index < -0.39 is 0 Å². The summed E-state index contributed by atoms with van der Waals surface area (Å²) in [7, 11) is 1.54. The Morgan fingerprint density at radius 2 is 2.03 bits per heavy atom. The maximum Gasteiger partial charge on any atom is 0.255 e. The molecule has 2 aromatic carbocycles. The van der Waals surface area contributed by atoms with Crippen LogP contribution in [0.15, 0.2) is 59.2 Å². The molecule has 0 fully saturated rings. The van der Waals surface area contributed by atoms with E-state index in [4.69, 9.17) is 20.8 Å². The third kappa shape index (κ3) is 4.02. The molecule has 6 nitrogen and oxygen atoms in total. The number of ether oxygens (including phenoxy) is 1. The Kier molecular flexibility index (Phi) is 5.35. The number of nitrogens with one attached hydrogen (secondary N) is 2. The summed E-state index contributed by atoms with van der Waals surface area (Å²) in [6.07, 6.45) is 5.36. The summed E-state index contributed by atoms with van der Waals surface area (Å²) in [4.78, 5) is 12.7. The van der Waals surface area contributed by atoms with Crippen molar-refractivity contribution in [3.05, 3.63) is 82.4 Å². The Morgan fingerprint density at radius 3 is 2.76 bits per heavy atom. The summed E-state index contributed by atoms with van der Waals surface area (Å²) in [5, 5.41) is 11.6. The fourth-order valence-corrected chi connectivity index (χ4v) is 3.17. The van der Waals surface area contributed by atoms with Crippen molar-refractivity contribution >= 4 is 40.6 Å². The Bertz CT molecular complexity index is 1160. The molecule has 4 aromatic rings. The van der Waals surface area contributed by atoms with Gasteiger partial charge in [-0.05, 0) is 48.0 Å². The van der Waals surface area contributed by atoms with Gasteiger partial charge in [-0.2, -0.15) is 5.10 Å². The molecule has 2 aromatic heterocycles. The number of aromatic amines is 1. The zero-order valence-electron chi connectivity index (χ0n) is 15.6. The Morgan fingerprint density at radius 1 is 1.21 bits per heavy atom. The van der Waals surface area contributed by atoms with Gasteiger partial charge < -0.3 is 14.5 Å². The zero-order chi connectivity index (χ0) is 20.2. The van der Waals surface area contributed by atoms with Gasteiger partial charge in [0.15, 0.2) is 0 Å². The molecule has 0 aliphatic carbocycles. The third-order valence-corrected chi connectivity index (χ3v) is 4.72. The van der Waals surface area contributed by atoms with Crippen LogP contribution in [0.1, 0.15) is 27.4 Å². The molecule has 29 heavy (non-hydrogen) atoms. The number of amides is 1. The topological polar surface area (TPSA) is 80.1 Å². The van der Waals surface area contributed by atoms with Crippen molar-refractivity contribution in [1.82, 2.24) is 15.5 Å². The summed E-state index contributed by atoms with van der Waals surface area (Å²) >= 11 is 5.93. The number of benzene rings is 2. The summed E-state index contributed by atoms with van der Waals surface area (Å²) in [5.41, 5.74) is 2.86. The predicted molar refractivity (Wildman–Crippen MR) is 113 cm³/mol. The van der Waals surface area contributed by atoms with Crippen LogP contribution in [0, 0.1) is 0 Å². The first-order valence-corrected chi connectivity index (χ1v) is 9.33. The molecule has 0 aliphatic rings. The number of furan rings is 1. The second kappa shape index (κ2) is 8.24. The third-order valence-electron chi connectivity index (χ3n) is 4.47. The number of rotatable bonds is 6.